The lowest BCUT2D eigenvalue weighted by Gasteiger charge is -2.08. The van der Waals surface area contributed by atoms with Crippen LogP contribution in [0.4, 0.5) is 0 Å². The van der Waals surface area contributed by atoms with Gasteiger partial charge in [-0.05, 0) is 35.4 Å². The Hall–Kier alpha value is -2.89. The smallest absolute Gasteiger partial charge is 0.380 e. The highest BCUT2D eigenvalue weighted by atomic mass is 32.2. The maximum absolute atomic E-state index is 11.4. The van der Waals surface area contributed by atoms with E-state index in [1.165, 1.54) is 25.3 Å². The van der Waals surface area contributed by atoms with E-state index in [4.69, 9.17) is 5.14 Å². The molecule has 0 radical (unpaired) electrons. The number of rotatable bonds is 4. The molecule has 0 atom stereocenters. The average molecular weight is 332 g/mol. The maximum Gasteiger partial charge on any atom is 0.380 e. The number of hydrogen-bond acceptors (Lipinski definition) is 6. The van der Waals surface area contributed by atoms with Gasteiger partial charge in [0.25, 0.3) is 0 Å². The van der Waals surface area contributed by atoms with Gasteiger partial charge in [0.1, 0.15) is 5.75 Å². The molecule has 0 bridgehead atoms. The number of ether oxygens (including phenoxy) is 1. The molecule has 0 saturated heterocycles. The minimum absolute atomic E-state index is 0.0565. The maximum atomic E-state index is 11.4. The number of hydrogen-bond donors (Lipinski definition) is 1. The minimum Gasteiger partial charge on any atom is -0.465 e. The molecule has 2 rings (SSSR count). The first-order valence-corrected chi connectivity index (χ1v) is 7.76. The van der Waals surface area contributed by atoms with Crippen LogP contribution in [0.15, 0.2) is 42.5 Å². The fourth-order valence-electron chi connectivity index (χ4n) is 1.96. The molecule has 0 spiro atoms. The number of nitrogens with zero attached hydrogens (tertiary/aromatic N) is 1. The van der Waals surface area contributed by atoms with Crippen LogP contribution >= 0.6 is 0 Å². The zero-order valence-corrected chi connectivity index (χ0v) is 12.8. The molecule has 118 valence electrons. The van der Waals surface area contributed by atoms with Gasteiger partial charge in [0.15, 0.2) is 0 Å². The lowest BCUT2D eigenvalue weighted by atomic mass is 9.99. The largest absolute Gasteiger partial charge is 0.465 e. The Labute approximate surface area is 133 Å². The van der Waals surface area contributed by atoms with Crippen LogP contribution in [0.5, 0.6) is 5.75 Å². The second-order valence-corrected chi connectivity index (χ2v) is 5.62. The summed E-state index contributed by atoms with van der Waals surface area (Å²) >= 11 is 0. The van der Waals surface area contributed by atoms with Crippen molar-refractivity contribution in [2.75, 3.05) is 7.11 Å². The summed E-state index contributed by atoms with van der Waals surface area (Å²) in [6.45, 7) is 0. The van der Waals surface area contributed by atoms with Gasteiger partial charge in [-0.15, -0.1) is 0 Å². The normalized spacial score (nSPS) is 10.7. The first kappa shape index (κ1) is 16.5. The molecule has 2 aromatic rings. The summed E-state index contributed by atoms with van der Waals surface area (Å²) in [5.74, 6) is -0.520. The Kier molecular flexibility index (Phi) is 4.64. The van der Waals surface area contributed by atoms with Crippen molar-refractivity contribution in [3.05, 3.63) is 53.6 Å². The van der Waals surface area contributed by atoms with Crippen molar-refractivity contribution in [3.63, 3.8) is 0 Å². The molecule has 8 heteroatoms. The third kappa shape index (κ3) is 4.06. The Bertz CT molecular complexity index is 883. The van der Waals surface area contributed by atoms with Crippen molar-refractivity contribution in [2.24, 2.45) is 5.14 Å². The number of carbonyl (C=O) groups excluding carboxylic acids is 1. The van der Waals surface area contributed by atoms with Crippen LogP contribution in [0.2, 0.25) is 0 Å². The molecule has 0 aliphatic rings. The van der Waals surface area contributed by atoms with E-state index >= 15 is 0 Å². The molecule has 0 aliphatic carbocycles. The van der Waals surface area contributed by atoms with E-state index < -0.39 is 16.3 Å². The molecular formula is C15H12N2O5S. The first-order valence-electron chi connectivity index (χ1n) is 6.29. The third-order valence-corrected chi connectivity index (χ3v) is 3.37. The standard InChI is InChI=1S/C15H12N2O5S/c1-21-15(18)11-4-2-10(3-5-11)14-7-6-13(8-12(14)9-16)22-23(17,19)20/h2-8H,1H3,(H2,17,19,20). The molecule has 0 saturated carbocycles. The minimum atomic E-state index is -4.16. The number of benzene rings is 2. The van der Waals surface area contributed by atoms with Crippen molar-refractivity contribution in [3.8, 4) is 22.9 Å². The number of nitriles is 1. The van der Waals surface area contributed by atoms with Gasteiger partial charge in [0.2, 0.25) is 0 Å². The van der Waals surface area contributed by atoms with Crippen LogP contribution in [-0.2, 0) is 15.0 Å². The van der Waals surface area contributed by atoms with E-state index in [9.17, 15) is 18.5 Å². The summed E-state index contributed by atoms with van der Waals surface area (Å²) in [5, 5.41) is 14.0. The number of esters is 1. The highest BCUT2D eigenvalue weighted by Crippen LogP contribution is 2.27. The molecule has 7 nitrogen and oxygen atoms in total. The monoisotopic (exact) mass is 332 g/mol. The van der Waals surface area contributed by atoms with Crippen molar-refractivity contribution in [1.82, 2.24) is 0 Å². The number of nitrogens with two attached hydrogens (primary N) is 1. The van der Waals surface area contributed by atoms with Crippen molar-refractivity contribution < 1.29 is 22.1 Å². The van der Waals surface area contributed by atoms with E-state index in [0.29, 0.717) is 16.7 Å². The topological polar surface area (TPSA) is 119 Å². The van der Waals surface area contributed by atoms with Gasteiger partial charge in [-0.3, -0.25) is 0 Å². The Morgan fingerprint density at radius 1 is 1.17 bits per heavy atom. The second kappa shape index (κ2) is 6.48. The Morgan fingerprint density at radius 3 is 2.35 bits per heavy atom. The molecule has 2 aromatic carbocycles. The molecule has 0 aliphatic heterocycles. The van der Waals surface area contributed by atoms with Crippen LogP contribution in [0.1, 0.15) is 15.9 Å². The second-order valence-electron chi connectivity index (χ2n) is 4.46. The van der Waals surface area contributed by atoms with Crippen LogP contribution in [0.25, 0.3) is 11.1 Å². The van der Waals surface area contributed by atoms with Gasteiger partial charge in [-0.25, -0.2) is 4.79 Å². The summed E-state index contributed by atoms with van der Waals surface area (Å²) in [5.41, 5.74) is 1.82. The number of carbonyl (C=O) groups is 1. The quantitative estimate of drug-likeness (QED) is 0.849. The highest BCUT2D eigenvalue weighted by molar-refractivity contribution is 7.84. The van der Waals surface area contributed by atoms with Crippen LogP contribution < -0.4 is 9.32 Å². The summed E-state index contributed by atoms with van der Waals surface area (Å²) in [7, 11) is -2.87. The molecule has 23 heavy (non-hydrogen) atoms. The van der Waals surface area contributed by atoms with Crippen molar-refractivity contribution in [1.29, 1.82) is 5.26 Å². The Balaban J connectivity index is 2.40. The lowest BCUT2D eigenvalue weighted by Crippen LogP contribution is -2.18. The predicted molar refractivity (Wildman–Crippen MR) is 81.7 cm³/mol. The zero-order valence-electron chi connectivity index (χ0n) is 12.0. The predicted octanol–water partition coefficient (Wildman–Crippen LogP) is 1.59. The highest BCUT2D eigenvalue weighted by Gasteiger charge is 2.11. The van der Waals surface area contributed by atoms with Crippen molar-refractivity contribution in [2.45, 2.75) is 0 Å². The molecule has 0 unspecified atom stereocenters. The molecule has 0 heterocycles. The van der Waals surface area contributed by atoms with Gasteiger partial charge < -0.3 is 8.92 Å². The Morgan fingerprint density at radius 2 is 1.83 bits per heavy atom. The van der Waals surface area contributed by atoms with E-state index in [2.05, 4.69) is 8.92 Å². The molecule has 2 N–H and O–H groups in total. The molecule has 0 aromatic heterocycles. The fraction of sp³-hybridized carbons (Fsp3) is 0.0667. The zero-order chi connectivity index (χ0) is 17.0. The van der Waals surface area contributed by atoms with E-state index in [0.717, 1.165) is 0 Å². The van der Waals surface area contributed by atoms with Gasteiger partial charge >= 0.3 is 16.3 Å². The van der Waals surface area contributed by atoms with E-state index in [-0.39, 0.29) is 11.3 Å². The van der Waals surface area contributed by atoms with Crippen LogP contribution in [0.3, 0.4) is 0 Å². The van der Waals surface area contributed by atoms with Crippen LogP contribution in [0, 0.1) is 11.3 Å². The average Bonchev–Trinajstić information content (AvgIpc) is 2.52. The number of methoxy groups -OCH3 is 1. The first-order chi connectivity index (χ1) is 10.8. The summed E-state index contributed by atoms with van der Waals surface area (Å²) in [4.78, 5) is 11.4. The lowest BCUT2D eigenvalue weighted by molar-refractivity contribution is 0.0600. The van der Waals surface area contributed by atoms with Gasteiger partial charge in [-0.1, -0.05) is 12.1 Å². The van der Waals surface area contributed by atoms with Gasteiger partial charge in [0, 0.05) is 6.07 Å². The van der Waals surface area contributed by atoms with Gasteiger partial charge in [0.05, 0.1) is 24.3 Å². The van der Waals surface area contributed by atoms with Gasteiger partial charge in [-0.2, -0.15) is 18.8 Å². The van der Waals surface area contributed by atoms with E-state index in [1.54, 1.807) is 24.3 Å². The molecular weight excluding hydrogens is 320 g/mol. The third-order valence-electron chi connectivity index (χ3n) is 2.94. The van der Waals surface area contributed by atoms with Crippen LogP contribution in [-0.4, -0.2) is 21.5 Å². The summed E-state index contributed by atoms with van der Waals surface area (Å²) < 4.78 is 31.0. The van der Waals surface area contributed by atoms with E-state index in [1.807, 2.05) is 6.07 Å². The SMILES string of the molecule is COC(=O)c1ccc(-c2ccc(OS(N)(=O)=O)cc2C#N)cc1. The van der Waals surface area contributed by atoms with Crippen molar-refractivity contribution >= 4 is 16.3 Å². The molecule has 0 fully saturated rings. The molecule has 0 amide bonds. The summed E-state index contributed by atoms with van der Waals surface area (Å²) in [6.07, 6.45) is 0. The fourth-order valence-corrected chi connectivity index (χ4v) is 2.33. The summed E-state index contributed by atoms with van der Waals surface area (Å²) in [6, 6.07) is 12.6.